The lowest BCUT2D eigenvalue weighted by Gasteiger charge is -2.02. The van der Waals surface area contributed by atoms with Crippen LogP contribution < -0.4 is 0 Å². The molecule has 0 aromatic rings. The monoisotopic (exact) mass is 350 g/mol. The van der Waals surface area contributed by atoms with Crippen LogP contribution >= 0.6 is 0 Å². The van der Waals surface area contributed by atoms with Crippen LogP contribution in [-0.2, 0) is 10.8 Å². The summed E-state index contributed by atoms with van der Waals surface area (Å²) >= 11 is 0. The first kappa shape index (κ1) is 23.1. The van der Waals surface area contributed by atoms with Gasteiger partial charge in [-0.1, -0.05) is 46.6 Å². The van der Waals surface area contributed by atoms with Crippen LogP contribution in [0.25, 0.3) is 0 Å². The zero-order chi connectivity index (χ0) is 18.4. The van der Waals surface area contributed by atoms with E-state index >= 15 is 0 Å². The van der Waals surface area contributed by atoms with Crippen molar-refractivity contribution in [3.8, 4) is 0 Å². The van der Waals surface area contributed by atoms with Gasteiger partial charge >= 0.3 is 0 Å². The van der Waals surface area contributed by atoms with E-state index in [1.165, 1.54) is 28.7 Å². The normalized spacial score (nSPS) is 14.7. The Morgan fingerprint density at radius 1 is 0.667 bits per heavy atom. The molecule has 24 heavy (non-hydrogen) atoms. The predicted octanol–water partition coefficient (Wildman–Crippen LogP) is 6.90. The molecule has 0 heterocycles. The maximum absolute atomic E-state index is 11.0. The fourth-order valence-electron chi connectivity index (χ4n) is 2.46. The van der Waals surface area contributed by atoms with Crippen LogP contribution in [0.15, 0.2) is 46.6 Å². The highest BCUT2D eigenvalue weighted by atomic mass is 32.2. The average molecular weight is 351 g/mol. The van der Waals surface area contributed by atoms with E-state index in [9.17, 15) is 4.21 Å². The molecule has 0 aliphatic carbocycles. The minimum atomic E-state index is -0.673. The maximum atomic E-state index is 11.0. The quantitative estimate of drug-likeness (QED) is 0.350. The summed E-state index contributed by atoms with van der Waals surface area (Å²) < 4.78 is 11.0. The van der Waals surface area contributed by atoms with Gasteiger partial charge in [-0.05, 0) is 79.6 Å². The molecular formula is C22H38OS. The molecule has 0 fully saturated rings. The summed E-state index contributed by atoms with van der Waals surface area (Å²) in [7, 11) is -0.673. The molecule has 1 unspecified atom stereocenters. The Hall–Kier alpha value is -0.890. The molecule has 0 aliphatic rings. The first-order valence-electron chi connectivity index (χ1n) is 9.21. The Balaban J connectivity index is 3.98. The zero-order valence-corrected chi connectivity index (χ0v) is 17.6. The highest BCUT2D eigenvalue weighted by Crippen LogP contribution is 2.13. The molecule has 1 nitrogen and oxygen atoms in total. The summed E-state index contributed by atoms with van der Waals surface area (Å²) in [6.07, 6.45) is 18.9. The number of hydrogen-bond acceptors (Lipinski definition) is 1. The highest BCUT2D eigenvalue weighted by Gasteiger charge is 1.94. The molecule has 0 aromatic heterocycles. The molecule has 0 saturated carbocycles. The Morgan fingerprint density at radius 3 is 1.42 bits per heavy atom. The van der Waals surface area contributed by atoms with Gasteiger partial charge in [-0.25, -0.2) is 0 Å². The van der Waals surface area contributed by atoms with E-state index < -0.39 is 10.8 Å². The lowest BCUT2D eigenvalue weighted by molar-refractivity contribution is 0.686. The van der Waals surface area contributed by atoms with Crippen molar-refractivity contribution >= 4 is 10.8 Å². The summed E-state index contributed by atoms with van der Waals surface area (Å²) in [5.41, 5.74) is 5.83. The van der Waals surface area contributed by atoms with Gasteiger partial charge in [-0.3, -0.25) is 4.21 Å². The van der Waals surface area contributed by atoms with Crippen LogP contribution in [0, 0.1) is 0 Å². The smallest absolute Gasteiger partial charge is 0.0266 e. The number of allylic oxidation sites excluding steroid dienone is 8. The lowest BCUT2D eigenvalue weighted by atomic mass is 10.0. The third kappa shape index (κ3) is 16.0. The zero-order valence-electron chi connectivity index (χ0n) is 16.8. The Kier molecular flexibility index (Phi) is 13.9. The van der Waals surface area contributed by atoms with E-state index in [1.807, 2.05) is 0 Å². The van der Waals surface area contributed by atoms with Crippen molar-refractivity contribution in [1.29, 1.82) is 0 Å². The number of hydrogen-bond donors (Lipinski definition) is 0. The van der Waals surface area contributed by atoms with Gasteiger partial charge in [-0.2, -0.15) is 0 Å². The van der Waals surface area contributed by atoms with Crippen LogP contribution in [0.4, 0.5) is 0 Å². The van der Waals surface area contributed by atoms with Gasteiger partial charge in [-0.15, -0.1) is 0 Å². The molecule has 0 spiro atoms. The van der Waals surface area contributed by atoms with Crippen LogP contribution in [0.3, 0.4) is 0 Å². The Morgan fingerprint density at radius 2 is 1.04 bits per heavy atom. The van der Waals surface area contributed by atoms with Gasteiger partial charge in [0.2, 0.25) is 0 Å². The van der Waals surface area contributed by atoms with Crippen LogP contribution in [0.5, 0.6) is 0 Å². The van der Waals surface area contributed by atoms with Crippen molar-refractivity contribution in [2.45, 2.75) is 79.6 Å². The second kappa shape index (κ2) is 14.5. The summed E-state index contributed by atoms with van der Waals surface area (Å²) in [5, 5.41) is 0. The summed E-state index contributed by atoms with van der Waals surface area (Å²) in [6, 6.07) is 0. The topological polar surface area (TPSA) is 17.1 Å². The fraction of sp³-hybridized carbons (Fsp3) is 0.636. The second-order valence-corrected chi connectivity index (χ2v) is 8.67. The third-order valence-electron chi connectivity index (χ3n) is 4.05. The van der Waals surface area contributed by atoms with Crippen molar-refractivity contribution in [1.82, 2.24) is 0 Å². The molecule has 0 bridgehead atoms. The molecule has 2 heteroatoms. The van der Waals surface area contributed by atoms with Crippen LogP contribution in [0.1, 0.15) is 79.6 Å². The maximum Gasteiger partial charge on any atom is 0.0266 e. The Labute approximate surface area is 153 Å². The average Bonchev–Trinajstić information content (AvgIpc) is 2.46. The van der Waals surface area contributed by atoms with Crippen molar-refractivity contribution in [2.24, 2.45) is 0 Å². The summed E-state index contributed by atoms with van der Waals surface area (Å²) in [4.78, 5) is 0. The summed E-state index contributed by atoms with van der Waals surface area (Å²) in [5.74, 6) is 0.783. The van der Waals surface area contributed by atoms with Crippen LogP contribution in [-0.4, -0.2) is 16.2 Å². The van der Waals surface area contributed by atoms with E-state index in [2.05, 4.69) is 58.9 Å². The minimum absolute atomic E-state index is 0.673. The van der Waals surface area contributed by atoms with Crippen molar-refractivity contribution < 1.29 is 4.21 Å². The van der Waals surface area contributed by atoms with Gasteiger partial charge in [0.25, 0.3) is 0 Å². The molecule has 0 amide bonds. The van der Waals surface area contributed by atoms with E-state index in [4.69, 9.17) is 0 Å². The van der Waals surface area contributed by atoms with Crippen molar-refractivity contribution in [3.05, 3.63) is 46.6 Å². The molecule has 138 valence electrons. The van der Waals surface area contributed by atoms with Gasteiger partial charge in [0.15, 0.2) is 0 Å². The molecule has 0 aromatic carbocycles. The van der Waals surface area contributed by atoms with E-state index in [-0.39, 0.29) is 0 Å². The van der Waals surface area contributed by atoms with Gasteiger partial charge in [0.05, 0.1) is 0 Å². The van der Waals surface area contributed by atoms with Crippen molar-refractivity contribution in [3.63, 3.8) is 0 Å². The standard InChI is InChI=1S/C22H38OS/c1-19(2)11-7-12-20(3)13-8-14-21(4)15-9-16-22(5)17-10-18-24(6)23/h11,13,15,17H,7-10,12,14,16,18H2,1-6H3/b20-13+,21-15+,22-17+. The van der Waals surface area contributed by atoms with Gasteiger partial charge in [0.1, 0.15) is 0 Å². The highest BCUT2D eigenvalue weighted by molar-refractivity contribution is 7.84. The molecule has 0 aliphatic heterocycles. The van der Waals surface area contributed by atoms with E-state index in [0.29, 0.717) is 0 Å². The van der Waals surface area contributed by atoms with Gasteiger partial charge < -0.3 is 0 Å². The molecule has 1 atom stereocenters. The SMILES string of the molecule is CC(C)=CCC/C(C)=C/CC/C(C)=C/CC/C(C)=C/CCS(C)=O. The molecule has 0 radical (unpaired) electrons. The van der Waals surface area contributed by atoms with Crippen molar-refractivity contribution in [2.75, 3.05) is 12.0 Å². The largest absolute Gasteiger partial charge is 0.260 e. The molecule has 0 N–H and O–H groups in total. The molecule has 0 saturated heterocycles. The molecule has 0 rings (SSSR count). The van der Waals surface area contributed by atoms with Gasteiger partial charge in [0, 0.05) is 22.8 Å². The third-order valence-corrected chi connectivity index (χ3v) is 4.86. The number of rotatable bonds is 12. The lowest BCUT2D eigenvalue weighted by Crippen LogP contribution is -1.91. The Bertz CT molecular complexity index is 488. The molecular weight excluding hydrogens is 312 g/mol. The summed E-state index contributed by atoms with van der Waals surface area (Å²) in [6.45, 7) is 11.0. The predicted molar refractivity (Wildman–Crippen MR) is 112 cm³/mol. The first-order chi connectivity index (χ1) is 11.3. The fourth-order valence-corrected chi connectivity index (χ4v) is 2.91. The first-order valence-corrected chi connectivity index (χ1v) is 10.9. The van der Waals surface area contributed by atoms with E-state index in [1.54, 1.807) is 6.26 Å². The van der Waals surface area contributed by atoms with Crippen LogP contribution in [0.2, 0.25) is 0 Å². The minimum Gasteiger partial charge on any atom is -0.260 e. The second-order valence-electron chi connectivity index (χ2n) is 7.11. The van der Waals surface area contributed by atoms with E-state index in [0.717, 1.165) is 44.3 Å².